The number of benzene rings is 1. The molecule has 22 heavy (non-hydrogen) atoms. The van der Waals surface area contributed by atoms with E-state index in [1.165, 1.54) is 12.1 Å². The summed E-state index contributed by atoms with van der Waals surface area (Å²) >= 11 is 0. The highest BCUT2D eigenvalue weighted by Crippen LogP contribution is 2.10. The molecule has 0 aliphatic rings. The van der Waals surface area contributed by atoms with Crippen molar-refractivity contribution in [3.8, 4) is 0 Å². The first-order chi connectivity index (χ1) is 10.4. The summed E-state index contributed by atoms with van der Waals surface area (Å²) in [5, 5.41) is 7.78. The van der Waals surface area contributed by atoms with E-state index in [2.05, 4.69) is 5.32 Å². The predicted octanol–water partition coefficient (Wildman–Crippen LogP) is 1.46. The number of primary sulfonamides is 1. The lowest BCUT2D eigenvalue weighted by atomic mass is 10.1. The summed E-state index contributed by atoms with van der Waals surface area (Å²) in [6.45, 7) is 2.38. The fourth-order valence-corrected chi connectivity index (χ4v) is 2.46. The Morgan fingerprint density at radius 1 is 1.18 bits per heavy atom. The van der Waals surface area contributed by atoms with E-state index >= 15 is 0 Å². The van der Waals surface area contributed by atoms with Gasteiger partial charge >= 0.3 is 0 Å². The second-order valence-electron chi connectivity index (χ2n) is 4.81. The number of nitrogens with one attached hydrogen (secondary N) is 1. The highest BCUT2D eigenvalue weighted by atomic mass is 32.2. The SMILES string of the molecule is CCc1ccc(C(=O)NCCc2ccc(S(N)(=O)=O)cc2)o1. The third kappa shape index (κ3) is 4.19. The van der Waals surface area contributed by atoms with Gasteiger partial charge in [0.1, 0.15) is 5.76 Å². The number of aryl methyl sites for hydroxylation is 1. The maximum absolute atomic E-state index is 11.8. The van der Waals surface area contributed by atoms with Crippen LogP contribution in [-0.4, -0.2) is 20.9 Å². The van der Waals surface area contributed by atoms with Gasteiger partial charge in [-0.25, -0.2) is 13.6 Å². The molecular weight excluding hydrogens is 304 g/mol. The lowest BCUT2D eigenvalue weighted by Crippen LogP contribution is -2.25. The molecular formula is C15H18N2O4S. The minimum atomic E-state index is -3.67. The van der Waals surface area contributed by atoms with Gasteiger partial charge in [0.05, 0.1) is 4.90 Å². The van der Waals surface area contributed by atoms with Crippen molar-refractivity contribution in [3.63, 3.8) is 0 Å². The molecule has 0 atom stereocenters. The molecule has 0 bridgehead atoms. The zero-order chi connectivity index (χ0) is 16.2. The van der Waals surface area contributed by atoms with Crippen molar-refractivity contribution in [2.24, 2.45) is 5.14 Å². The first kappa shape index (κ1) is 16.3. The van der Waals surface area contributed by atoms with Gasteiger partial charge in [0, 0.05) is 13.0 Å². The molecule has 1 amide bonds. The Kier molecular flexibility index (Phi) is 4.99. The van der Waals surface area contributed by atoms with Crippen LogP contribution in [0.2, 0.25) is 0 Å². The number of carbonyl (C=O) groups excluding carboxylic acids is 1. The van der Waals surface area contributed by atoms with Crippen LogP contribution in [0.3, 0.4) is 0 Å². The zero-order valence-corrected chi connectivity index (χ0v) is 13.0. The van der Waals surface area contributed by atoms with Crippen LogP contribution < -0.4 is 10.5 Å². The fraction of sp³-hybridized carbons (Fsp3) is 0.267. The van der Waals surface area contributed by atoms with Gasteiger partial charge in [-0.15, -0.1) is 0 Å². The topological polar surface area (TPSA) is 102 Å². The van der Waals surface area contributed by atoms with E-state index in [1.54, 1.807) is 24.3 Å². The normalized spacial score (nSPS) is 11.4. The van der Waals surface area contributed by atoms with Crippen molar-refractivity contribution in [1.82, 2.24) is 5.32 Å². The Bertz CT molecular complexity index is 748. The second kappa shape index (κ2) is 6.76. The van der Waals surface area contributed by atoms with E-state index in [4.69, 9.17) is 9.56 Å². The van der Waals surface area contributed by atoms with E-state index in [0.717, 1.165) is 17.7 Å². The third-order valence-corrected chi connectivity index (χ3v) is 4.11. The minimum absolute atomic E-state index is 0.0722. The Morgan fingerprint density at radius 2 is 1.86 bits per heavy atom. The number of rotatable bonds is 6. The molecule has 6 nitrogen and oxygen atoms in total. The number of hydrogen-bond acceptors (Lipinski definition) is 4. The highest BCUT2D eigenvalue weighted by Gasteiger charge is 2.10. The van der Waals surface area contributed by atoms with Crippen LogP contribution in [0.25, 0.3) is 0 Å². The van der Waals surface area contributed by atoms with Crippen molar-refractivity contribution in [3.05, 3.63) is 53.5 Å². The molecule has 118 valence electrons. The molecule has 0 radical (unpaired) electrons. The average Bonchev–Trinajstić information content (AvgIpc) is 2.96. The maximum atomic E-state index is 11.8. The van der Waals surface area contributed by atoms with E-state index in [9.17, 15) is 13.2 Å². The predicted molar refractivity (Wildman–Crippen MR) is 81.9 cm³/mol. The van der Waals surface area contributed by atoms with E-state index < -0.39 is 10.0 Å². The Labute approximate surface area is 129 Å². The second-order valence-corrected chi connectivity index (χ2v) is 6.38. The molecule has 2 aromatic rings. The van der Waals surface area contributed by atoms with Crippen LogP contribution >= 0.6 is 0 Å². The van der Waals surface area contributed by atoms with Crippen LogP contribution in [-0.2, 0) is 22.9 Å². The van der Waals surface area contributed by atoms with Crippen molar-refractivity contribution in [1.29, 1.82) is 0 Å². The molecule has 0 saturated heterocycles. The molecule has 7 heteroatoms. The molecule has 0 fully saturated rings. The molecule has 0 saturated carbocycles. The average molecular weight is 322 g/mol. The molecule has 0 aliphatic heterocycles. The van der Waals surface area contributed by atoms with Gasteiger partial charge < -0.3 is 9.73 Å². The van der Waals surface area contributed by atoms with Gasteiger partial charge in [0.2, 0.25) is 10.0 Å². The molecule has 3 N–H and O–H groups in total. The lowest BCUT2D eigenvalue weighted by Gasteiger charge is -2.04. The van der Waals surface area contributed by atoms with Gasteiger partial charge in [-0.2, -0.15) is 0 Å². The lowest BCUT2D eigenvalue weighted by molar-refractivity contribution is 0.0925. The first-order valence-corrected chi connectivity index (χ1v) is 8.43. The number of furan rings is 1. The Hall–Kier alpha value is -2.12. The van der Waals surface area contributed by atoms with E-state index in [0.29, 0.717) is 18.7 Å². The maximum Gasteiger partial charge on any atom is 0.287 e. The quantitative estimate of drug-likeness (QED) is 0.840. The zero-order valence-electron chi connectivity index (χ0n) is 12.2. The van der Waals surface area contributed by atoms with Crippen LogP contribution in [0.4, 0.5) is 0 Å². The standard InChI is InChI=1S/C15H18N2O4S/c1-2-12-5-8-14(21-12)15(18)17-10-9-11-3-6-13(7-4-11)22(16,19)20/h3-8H,2,9-10H2,1H3,(H,17,18)(H2,16,19,20). The summed E-state index contributed by atoms with van der Waals surface area (Å²) in [6, 6.07) is 9.68. The Balaban J connectivity index is 1.87. The monoisotopic (exact) mass is 322 g/mol. The van der Waals surface area contributed by atoms with Gasteiger partial charge in [-0.1, -0.05) is 19.1 Å². The van der Waals surface area contributed by atoms with Gasteiger partial charge in [-0.05, 0) is 36.2 Å². The summed E-state index contributed by atoms with van der Waals surface area (Å²) < 4.78 is 27.6. The smallest absolute Gasteiger partial charge is 0.287 e. The van der Waals surface area contributed by atoms with Crippen molar-refractivity contribution >= 4 is 15.9 Å². The summed E-state index contributed by atoms with van der Waals surface area (Å²) in [5.41, 5.74) is 0.904. The van der Waals surface area contributed by atoms with Crippen LogP contribution in [0, 0.1) is 0 Å². The summed E-state index contributed by atoms with van der Waals surface area (Å²) in [5.74, 6) is 0.797. The molecule has 1 aromatic carbocycles. The largest absolute Gasteiger partial charge is 0.456 e. The summed E-state index contributed by atoms with van der Waals surface area (Å²) in [4.78, 5) is 11.9. The first-order valence-electron chi connectivity index (χ1n) is 6.89. The molecule has 0 spiro atoms. The Morgan fingerprint density at radius 3 is 2.41 bits per heavy atom. The molecule has 0 aliphatic carbocycles. The van der Waals surface area contributed by atoms with Gasteiger partial charge in [0.15, 0.2) is 5.76 Å². The third-order valence-electron chi connectivity index (χ3n) is 3.19. The van der Waals surface area contributed by atoms with E-state index in [1.807, 2.05) is 6.92 Å². The molecule has 0 unspecified atom stereocenters. The number of carbonyl (C=O) groups is 1. The number of sulfonamides is 1. The summed E-state index contributed by atoms with van der Waals surface area (Å²) in [6.07, 6.45) is 1.32. The van der Waals surface area contributed by atoms with E-state index in [-0.39, 0.29) is 10.8 Å². The van der Waals surface area contributed by atoms with Crippen LogP contribution in [0.1, 0.15) is 28.8 Å². The number of hydrogen-bond donors (Lipinski definition) is 2. The minimum Gasteiger partial charge on any atom is -0.456 e. The van der Waals surface area contributed by atoms with Crippen molar-refractivity contribution in [2.45, 2.75) is 24.7 Å². The van der Waals surface area contributed by atoms with Crippen LogP contribution in [0.15, 0.2) is 45.7 Å². The highest BCUT2D eigenvalue weighted by molar-refractivity contribution is 7.89. The molecule has 1 aromatic heterocycles. The fourth-order valence-electron chi connectivity index (χ4n) is 1.94. The summed E-state index contributed by atoms with van der Waals surface area (Å²) in [7, 11) is -3.67. The number of nitrogens with two attached hydrogens (primary N) is 1. The van der Waals surface area contributed by atoms with Crippen LogP contribution in [0.5, 0.6) is 0 Å². The van der Waals surface area contributed by atoms with Crippen molar-refractivity contribution < 1.29 is 17.6 Å². The molecule has 2 rings (SSSR count). The number of amides is 1. The van der Waals surface area contributed by atoms with Gasteiger partial charge in [0.25, 0.3) is 5.91 Å². The molecule has 1 heterocycles. The van der Waals surface area contributed by atoms with Gasteiger partial charge in [-0.3, -0.25) is 4.79 Å². The van der Waals surface area contributed by atoms with Crippen molar-refractivity contribution in [2.75, 3.05) is 6.54 Å².